The number of ether oxygens (including phenoxy) is 8. The summed E-state index contributed by atoms with van der Waals surface area (Å²) >= 11 is 0. The highest BCUT2D eigenvalue weighted by atomic mass is 16.5. The summed E-state index contributed by atoms with van der Waals surface area (Å²) in [6.45, 7) is 6.94. The van der Waals surface area contributed by atoms with Crippen molar-refractivity contribution in [2.45, 2.75) is 63.2 Å². The lowest BCUT2D eigenvalue weighted by molar-refractivity contribution is -0.159. The molecule has 0 radical (unpaired) electrons. The highest BCUT2D eigenvalue weighted by molar-refractivity contribution is 6.27. The number of hydrogen-bond donors (Lipinski definition) is 2. The number of hydrogen-bond acceptors (Lipinski definition) is 14. The van der Waals surface area contributed by atoms with Crippen LogP contribution >= 0.6 is 0 Å². The second-order valence-electron chi connectivity index (χ2n) is 19.0. The van der Waals surface area contributed by atoms with Crippen molar-refractivity contribution >= 4 is 23.8 Å². The summed E-state index contributed by atoms with van der Waals surface area (Å²) in [5.74, 6) is 3.73. The average Bonchev–Trinajstić information content (AvgIpc) is 3.64. The predicted octanol–water partition coefficient (Wildman–Crippen LogP) is 5.78. The van der Waals surface area contributed by atoms with E-state index in [9.17, 15) is 9.59 Å². The molecular weight excluding hydrogens is 953 g/mol. The molecule has 2 atom stereocenters. The molecule has 2 aliphatic carbocycles. The zero-order chi connectivity index (χ0) is 53.6. The van der Waals surface area contributed by atoms with Gasteiger partial charge >= 0.3 is 11.9 Å². The summed E-state index contributed by atoms with van der Waals surface area (Å²) in [4.78, 5) is 52.8. The SMILES string of the molecule is COc1cc2c(cc1OC)CC(=O)N(CCCN(C)C[C@H]1Cc3cc(OC)c(OC)cc31)CC2.COc1cc2c(cc1OC)CC(=O)N(CCCN(C)C[C@H]1Cc3cc(OC)c(OC)cc31)CC2.O=C(O)C(=O)O. The van der Waals surface area contributed by atoms with E-state index in [0.717, 1.165) is 137 Å². The van der Waals surface area contributed by atoms with Crippen molar-refractivity contribution in [3.63, 3.8) is 0 Å². The van der Waals surface area contributed by atoms with Crippen LogP contribution in [0.5, 0.6) is 46.0 Å². The fraction of sp³-hybridized carbons (Fsp3) is 0.500. The van der Waals surface area contributed by atoms with Crippen molar-refractivity contribution in [2.24, 2.45) is 0 Å². The highest BCUT2D eigenvalue weighted by Gasteiger charge is 2.31. The summed E-state index contributed by atoms with van der Waals surface area (Å²) in [5.41, 5.74) is 9.82. The third kappa shape index (κ3) is 13.8. The van der Waals surface area contributed by atoms with E-state index in [2.05, 4.69) is 48.2 Å². The monoisotopic (exact) mass is 1030 g/mol. The number of fused-ring (bicyclic) bond motifs is 4. The average molecular weight is 1030 g/mol. The Kier molecular flexibility index (Phi) is 20.1. The van der Waals surface area contributed by atoms with Crippen LogP contribution in [0.3, 0.4) is 0 Å². The van der Waals surface area contributed by atoms with E-state index in [4.69, 9.17) is 57.7 Å². The number of carboxylic acids is 2. The van der Waals surface area contributed by atoms with Crippen LogP contribution in [0, 0.1) is 0 Å². The minimum Gasteiger partial charge on any atom is -0.493 e. The molecule has 2 heterocycles. The molecule has 0 aromatic heterocycles. The van der Waals surface area contributed by atoms with Gasteiger partial charge in [0.15, 0.2) is 46.0 Å². The first kappa shape index (κ1) is 56.4. The van der Waals surface area contributed by atoms with Crippen molar-refractivity contribution in [2.75, 3.05) is 123 Å². The largest absolute Gasteiger partial charge is 0.493 e. The quantitative estimate of drug-likeness (QED) is 0.101. The molecule has 8 rings (SSSR count). The molecule has 0 spiro atoms. The van der Waals surface area contributed by atoms with E-state index >= 15 is 0 Å². The normalized spacial score (nSPS) is 16.2. The van der Waals surface area contributed by atoms with E-state index in [0.29, 0.717) is 36.2 Å². The number of carbonyl (C=O) groups is 4. The van der Waals surface area contributed by atoms with Crippen LogP contribution < -0.4 is 37.9 Å². The van der Waals surface area contributed by atoms with Gasteiger partial charge < -0.3 is 67.7 Å². The number of nitrogens with zero attached hydrogens (tertiary/aromatic N) is 4. The zero-order valence-electron chi connectivity index (χ0n) is 44.7. The maximum absolute atomic E-state index is 12.9. The lowest BCUT2D eigenvalue weighted by Crippen LogP contribution is -2.36. The van der Waals surface area contributed by atoms with Gasteiger partial charge in [-0.05, 0) is 159 Å². The molecule has 0 bridgehead atoms. The Hall–Kier alpha value is -6.92. The Morgan fingerprint density at radius 1 is 0.473 bits per heavy atom. The fourth-order valence-electron chi connectivity index (χ4n) is 10.3. The van der Waals surface area contributed by atoms with Gasteiger partial charge in [0.25, 0.3) is 0 Å². The second-order valence-corrected chi connectivity index (χ2v) is 19.0. The minimum absolute atomic E-state index is 0.183. The summed E-state index contributed by atoms with van der Waals surface area (Å²) < 4.78 is 43.5. The van der Waals surface area contributed by atoms with Gasteiger partial charge in [0.05, 0.1) is 69.7 Å². The van der Waals surface area contributed by atoms with Crippen LogP contribution in [0.4, 0.5) is 0 Å². The van der Waals surface area contributed by atoms with Crippen LogP contribution in [-0.2, 0) is 57.7 Å². The van der Waals surface area contributed by atoms with Gasteiger partial charge in [-0.1, -0.05) is 0 Å². The number of benzene rings is 4. The maximum atomic E-state index is 12.9. The van der Waals surface area contributed by atoms with Crippen molar-refractivity contribution in [1.29, 1.82) is 0 Å². The van der Waals surface area contributed by atoms with Crippen molar-refractivity contribution < 1.29 is 67.3 Å². The molecule has 2 aliphatic heterocycles. The van der Waals surface area contributed by atoms with Gasteiger partial charge in [-0.2, -0.15) is 0 Å². The van der Waals surface area contributed by atoms with Crippen molar-refractivity contribution in [3.8, 4) is 46.0 Å². The minimum atomic E-state index is -1.82. The lowest BCUT2D eigenvalue weighted by atomic mass is 9.77. The van der Waals surface area contributed by atoms with E-state index in [-0.39, 0.29) is 11.8 Å². The number of amides is 2. The first-order valence-corrected chi connectivity index (χ1v) is 24.9. The number of carbonyl (C=O) groups excluding carboxylic acids is 2. The third-order valence-corrected chi connectivity index (χ3v) is 14.4. The number of carboxylic acid groups (broad SMARTS) is 2. The molecule has 4 aliphatic rings. The van der Waals surface area contributed by atoms with Crippen molar-refractivity contribution in [1.82, 2.24) is 19.6 Å². The molecule has 74 heavy (non-hydrogen) atoms. The second kappa shape index (κ2) is 26.3. The van der Waals surface area contributed by atoms with Gasteiger partial charge in [-0.3, -0.25) is 9.59 Å². The third-order valence-electron chi connectivity index (χ3n) is 14.4. The Labute approximate surface area is 434 Å². The molecule has 0 unspecified atom stereocenters. The molecule has 4 aromatic rings. The molecule has 2 N–H and O–H groups in total. The van der Waals surface area contributed by atoms with Crippen LogP contribution in [0.2, 0.25) is 0 Å². The first-order chi connectivity index (χ1) is 35.6. The van der Waals surface area contributed by atoms with Crippen LogP contribution in [-0.4, -0.2) is 177 Å². The molecule has 18 nitrogen and oxygen atoms in total. The van der Waals surface area contributed by atoms with Gasteiger partial charge in [-0.25, -0.2) is 9.59 Å². The van der Waals surface area contributed by atoms with E-state index in [1.54, 1.807) is 56.9 Å². The van der Waals surface area contributed by atoms with Crippen molar-refractivity contribution in [3.05, 3.63) is 93.0 Å². The Morgan fingerprint density at radius 2 is 0.757 bits per heavy atom. The van der Waals surface area contributed by atoms with Gasteiger partial charge in [0, 0.05) is 51.1 Å². The van der Waals surface area contributed by atoms with Gasteiger partial charge in [0.1, 0.15) is 0 Å². The van der Waals surface area contributed by atoms with Crippen LogP contribution in [0.1, 0.15) is 69.2 Å². The number of methoxy groups -OCH3 is 8. The highest BCUT2D eigenvalue weighted by Crippen LogP contribution is 2.44. The molecule has 0 fully saturated rings. The first-order valence-electron chi connectivity index (χ1n) is 24.9. The standard InChI is InChI=1S/2C27H36N2O5.C2H2O4/c2*1-28(17-21-11-20-14-25(33-4)26(34-5)16-22(20)21)8-6-9-29-10-7-18-12-23(31-2)24(32-3)13-19(18)15-27(29)30;3-1(4)2(5)6/h2*12-14,16,21H,6-11,15,17H2,1-5H3;(H,3,4)(H,5,6)/t2*21-;/m11./s1. The van der Waals surface area contributed by atoms with Gasteiger partial charge in [-0.15, -0.1) is 0 Å². The van der Waals surface area contributed by atoms with E-state index in [1.807, 2.05) is 34.1 Å². The summed E-state index contributed by atoms with van der Waals surface area (Å²) in [6.07, 6.45) is 6.54. The molecule has 2 amide bonds. The topological polar surface area (TPSA) is 196 Å². The molecule has 402 valence electrons. The van der Waals surface area contributed by atoms with Gasteiger partial charge in [0.2, 0.25) is 11.8 Å². The molecule has 4 aromatic carbocycles. The maximum Gasteiger partial charge on any atom is 0.414 e. The van der Waals surface area contributed by atoms with Crippen LogP contribution in [0.25, 0.3) is 0 Å². The zero-order valence-corrected chi connectivity index (χ0v) is 44.7. The smallest absolute Gasteiger partial charge is 0.414 e. The number of rotatable bonds is 20. The molecule has 0 saturated carbocycles. The van der Waals surface area contributed by atoms with E-state index < -0.39 is 11.9 Å². The summed E-state index contributed by atoms with van der Waals surface area (Å²) in [6, 6.07) is 16.4. The molecular formula is C56H74N4O14. The number of aliphatic carboxylic acids is 2. The predicted molar refractivity (Wildman–Crippen MR) is 279 cm³/mol. The molecule has 0 saturated heterocycles. The summed E-state index contributed by atoms with van der Waals surface area (Å²) in [7, 11) is 17.6. The van der Waals surface area contributed by atoms with Crippen LogP contribution in [0.15, 0.2) is 48.5 Å². The molecule has 18 heteroatoms. The Balaban J connectivity index is 0.000000217. The summed E-state index contributed by atoms with van der Waals surface area (Å²) in [5, 5.41) is 14.8. The Bertz CT molecular complexity index is 2440. The lowest BCUT2D eigenvalue weighted by Gasteiger charge is -2.34. The van der Waals surface area contributed by atoms with E-state index in [1.165, 1.54) is 33.4 Å². The number of likely N-dealkylation sites (N-methyl/N-ethyl adjacent to an activating group) is 2. The fourth-order valence-corrected chi connectivity index (χ4v) is 10.3. The Morgan fingerprint density at radius 3 is 1.05 bits per heavy atom.